The lowest BCUT2D eigenvalue weighted by molar-refractivity contribution is 0.0525. The summed E-state index contributed by atoms with van der Waals surface area (Å²) in [5.41, 5.74) is 0.423. The summed E-state index contributed by atoms with van der Waals surface area (Å²) in [6.45, 7) is 14.0. The van der Waals surface area contributed by atoms with Gasteiger partial charge in [0.2, 0.25) is 0 Å². The Labute approximate surface area is 127 Å². The molecule has 0 aromatic rings. The fourth-order valence-corrected chi connectivity index (χ4v) is 2.33. The van der Waals surface area contributed by atoms with E-state index in [9.17, 15) is 9.90 Å². The van der Waals surface area contributed by atoms with E-state index in [4.69, 9.17) is 4.74 Å². The van der Waals surface area contributed by atoms with Crippen molar-refractivity contribution >= 4 is 6.09 Å². The maximum atomic E-state index is 11.8. The quantitative estimate of drug-likeness (QED) is 0.777. The van der Waals surface area contributed by atoms with Crippen molar-refractivity contribution < 1.29 is 14.6 Å². The molecule has 0 radical (unpaired) electrons. The van der Waals surface area contributed by atoms with Crippen molar-refractivity contribution in [3.8, 4) is 0 Å². The van der Waals surface area contributed by atoms with Gasteiger partial charge in [-0.15, -0.1) is 0 Å². The van der Waals surface area contributed by atoms with Crippen molar-refractivity contribution in [2.45, 2.75) is 65.5 Å². The topological polar surface area (TPSA) is 61.8 Å². The Bertz CT molecular complexity index is 435. The zero-order valence-electron chi connectivity index (χ0n) is 13.8. The fourth-order valence-electron chi connectivity index (χ4n) is 2.33. The number of rotatable bonds is 4. The third kappa shape index (κ3) is 4.99. The van der Waals surface area contributed by atoms with Crippen molar-refractivity contribution in [1.29, 1.82) is 0 Å². The molecule has 1 aliphatic heterocycles. The summed E-state index contributed by atoms with van der Waals surface area (Å²) in [7, 11) is 0. The zero-order chi connectivity index (χ0) is 16.2. The third-order valence-electron chi connectivity index (χ3n) is 3.53. The van der Waals surface area contributed by atoms with Gasteiger partial charge in [0.05, 0.1) is 6.04 Å². The van der Waals surface area contributed by atoms with Gasteiger partial charge in [0.1, 0.15) is 17.2 Å². The normalized spacial score (nSPS) is 20.0. The Balaban J connectivity index is 2.71. The van der Waals surface area contributed by atoms with Crippen LogP contribution in [0, 0.1) is 0 Å². The number of carbonyl (C=O) groups is 1. The number of nitrogens with one attached hydrogen (secondary N) is 1. The van der Waals surface area contributed by atoms with Crippen LogP contribution >= 0.6 is 0 Å². The second kappa shape index (κ2) is 6.87. The number of likely N-dealkylation sites (tertiary alicyclic amines) is 1. The van der Waals surface area contributed by atoms with Crippen LogP contribution in [0.2, 0.25) is 0 Å². The van der Waals surface area contributed by atoms with Crippen molar-refractivity contribution in [3.05, 3.63) is 23.7 Å². The summed E-state index contributed by atoms with van der Waals surface area (Å²) in [5, 5.41) is 13.0. The van der Waals surface area contributed by atoms with E-state index in [-0.39, 0.29) is 6.04 Å². The van der Waals surface area contributed by atoms with Crippen LogP contribution in [0.4, 0.5) is 4.79 Å². The van der Waals surface area contributed by atoms with Crippen LogP contribution in [0.1, 0.15) is 53.9 Å². The van der Waals surface area contributed by atoms with Crippen LogP contribution in [0.15, 0.2) is 23.7 Å². The first-order chi connectivity index (χ1) is 9.65. The predicted molar refractivity (Wildman–Crippen MR) is 83.9 cm³/mol. The second-order valence-electron chi connectivity index (χ2n) is 6.44. The molecule has 1 rings (SSSR count). The molecule has 0 aromatic carbocycles. The monoisotopic (exact) mass is 296 g/mol. The van der Waals surface area contributed by atoms with Crippen molar-refractivity contribution in [2.75, 3.05) is 6.54 Å². The molecule has 1 unspecified atom stereocenters. The van der Waals surface area contributed by atoms with Crippen LogP contribution in [0.25, 0.3) is 0 Å². The summed E-state index contributed by atoms with van der Waals surface area (Å²) in [6, 6.07) is -0.104. The third-order valence-corrected chi connectivity index (χ3v) is 3.53. The van der Waals surface area contributed by atoms with E-state index < -0.39 is 11.7 Å². The van der Waals surface area contributed by atoms with Crippen LogP contribution in [-0.4, -0.2) is 34.3 Å². The summed E-state index contributed by atoms with van der Waals surface area (Å²) >= 11 is 0. The summed E-state index contributed by atoms with van der Waals surface area (Å²) in [5.74, 6) is 0.865. The highest BCUT2D eigenvalue weighted by Gasteiger charge is 2.30. The van der Waals surface area contributed by atoms with Gasteiger partial charge in [-0.05, 0) is 52.5 Å². The van der Waals surface area contributed by atoms with Crippen molar-refractivity contribution in [1.82, 2.24) is 10.2 Å². The molecule has 5 heteroatoms. The highest BCUT2D eigenvalue weighted by atomic mass is 16.6. The Morgan fingerprint density at radius 3 is 2.62 bits per heavy atom. The molecule has 1 amide bonds. The van der Waals surface area contributed by atoms with Gasteiger partial charge in [-0.25, -0.2) is 4.79 Å². The number of hydrogen-bond acceptors (Lipinski definition) is 4. The molecule has 0 bridgehead atoms. The molecule has 5 nitrogen and oxygen atoms in total. The lowest BCUT2D eigenvalue weighted by atomic mass is 10.1. The van der Waals surface area contributed by atoms with Gasteiger partial charge < -0.3 is 14.7 Å². The Morgan fingerprint density at radius 1 is 1.48 bits per heavy atom. The number of aliphatic hydroxyl groups is 1. The maximum Gasteiger partial charge on any atom is 0.413 e. The van der Waals surface area contributed by atoms with Crippen LogP contribution in [-0.2, 0) is 4.74 Å². The molecule has 2 N–H and O–H groups in total. The minimum absolute atomic E-state index is 0.104. The average Bonchev–Trinajstić information content (AvgIpc) is 2.83. The second-order valence-corrected chi connectivity index (χ2v) is 6.44. The van der Waals surface area contributed by atoms with E-state index in [2.05, 4.69) is 11.9 Å². The molecule has 0 saturated carbocycles. The smallest absolute Gasteiger partial charge is 0.413 e. The zero-order valence-corrected chi connectivity index (χ0v) is 13.8. The molecule has 120 valence electrons. The Kier molecular flexibility index (Phi) is 5.70. The van der Waals surface area contributed by atoms with E-state index >= 15 is 0 Å². The van der Waals surface area contributed by atoms with Gasteiger partial charge in [0, 0.05) is 6.54 Å². The van der Waals surface area contributed by atoms with Gasteiger partial charge in [-0.2, -0.15) is 0 Å². The first-order valence-corrected chi connectivity index (χ1v) is 7.50. The molecule has 0 aliphatic carbocycles. The Morgan fingerprint density at radius 2 is 2.10 bits per heavy atom. The van der Waals surface area contributed by atoms with Crippen molar-refractivity contribution in [3.63, 3.8) is 0 Å². The standard InChI is InChI=1S/C16H28N2O3/c1-7-11(2)14(19)13-9-8-10-18(13)12(3)17-15(20)21-16(4,5)6/h13,19H,3,7-10H2,1-2,4-6H3,(H,17,20)/b14-11+. The number of nitrogens with zero attached hydrogens (tertiary/aromatic N) is 1. The minimum atomic E-state index is -0.546. The number of ether oxygens (including phenoxy) is 1. The minimum Gasteiger partial charge on any atom is -0.510 e. The number of carbonyl (C=O) groups excluding carboxylic acids is 1. The van der Waals surface area contributed by atoms with E-state index in [1.807, 2.05) is 39.5 Å². The van der Waals surface area contributed by atoms with Crippen LogP contribution in [0.3, 0.4) is 0 Å². The predicted octanol–water partition coefficient (Wildman–Crippen LogP) is 3.69. The number of aliphatic hydroxyl groups excluding tert-OH is 1. The van der Waals surface area contributed by atoms with Gasteiger partial charge >= 0.3 is 6.09 Å². The van der Waals surface area contributed by atoms with Gasteiger partial charge in [-0.3, -0.25) is 5.32 Å². The van der Waals surface area contributed by atoms with Gasteiger partial charge in [-0.1, -0.05) is 13.5 Å². The maximum absolute atomic E-state index is 11.8. The number of amides is 1. The molecule has 1 heterocycles. The van der Waals surface area contributed by atoms with E-state index in [0.29, 0.717) is 11.6 Å². The Hall–Kier alpha value is -1.65. The highest BCUT2D eigenvalue weighted by molar-refractivity contribution is 5.69. The van der Waals surface area contributed by atoms with E-state index in [1.54, 1.807) is 0 Å². The number of alkyl carbamates (subject to hydrolysis) is 1. The lowest BCUT2D eigenvalue weighted by Crippen LogP contribution is -2.40. The number of allylic oxidation sites excluding steroid dienone is 1. The fraction of sp³-hybridized carbons (Fsp3) is 0.688. The molecule has 1 saturated heterocycles. The molecule has 0 spiro atoms. The molecule has 0 aromatic heterocycles. The molecular formula is C16H28N2O3. The average molecular weight is 296 g/mol. The largest absolute Gasteiger partial charge is 0.510 e. The summed E-state index contributed by atoms with van der Waals surface area (Å²) in [4.78, 5) is 13.7. The first-order valence-electron chi connectivity index (χ1n) is 7.50. The SMILES string of the molecule is C=C(NC(=O)OC(C)(C)C)N1CCCC1/C(O)=C(/C)CC. The van der Waals surface area contributed by atoms with Crippen LogP contribution in [0.5, 0.6) is 0 Å². The summed E-state index contributed by atoms with van der Waals surface area (Å²) in [6.07, 6.45) is 2.11. The lowest BCUT2D eigenvalue weighted by Gasteiger charge is -2.29. The van der Waals surface area contributed by atoms with Gasteiger partial charge in [0.25, 0.3) is 0 Å². The molecular weight excluding hydrogens is 268 g/mol. The first kappa shape index (κ1) is 17.4. The van der Waals surface area contributed by atoms with Gasteiger partial charge in [0.15, 0.2) is 0 Å². The van der Waals surface area contributed by atoms with E-state index in [1.165, 1.54) is 0 Å². The molecule has 1 fully saturated rings. The molecule has 21 heavy (non-hydrogen) atoms. The molecule has 1 atom stereocenters. The molecule has 1 aliphatic rings. The van der Waals surface area contributed by atoms with Crippen LogP contribution < -0.4 is 5.32 Å². The van der Waals surface area contributed by atoms with E-state index in [0.717, 1.165) is 31.4 Å². The summed E-state index contributed by atoms with van der Waals surface area (Å²) < 4.78 is 5.22. The highest BCUT2D eigenvalue weighted by Crippen LogP contribution is 2.27. The number of hydrogen-bond donors (Lipinski definition) is 2. The van der Waals surface area contributed by atoms with Crippen molar-refractivity contribution in [2.24, 2.45) is 0 Å².